The summed E-state index contributed by atoms with van der Waals surface area (Å²) in [6.45, 7) is 5.00. The molecule has 0 unspecified atom stereocenters. The molecule has 2 aliphatic rings. The van der Waals surface area contributed by atoms with Crippen LogP contribution in [0.3, 0.4) is 0 Å². The molecule has 0 spiro atoms. The van der Waals surface area contributed by atoms with Crippen molar-refractivity contribution in [1.82, 2.24) is 9.21 Å². The zero-order valence-electron chi connectivity index (χ0n) is 18.0. The molecule has 162 valence electrons. The Hall–Kier alpha value is -1.92. The highest BCUT2D eigenvalue weighted by molar-refractivity contribution is 7.89. The SMILES string of the molecule is CC(C)N(C(=O)C1CCN(S(=O)(=O)c2ccc3ccccc3c2)CC1)C1CCCC1. The molecule has 1 aliphatic heterocycles. The molecule has 1 aliphatic carbocycles. The molecule has 6 heteroatoms. The first-order valence-electron chi connectivity index (χ1n) is 11.2. The summed E-state index contributed by atoms with van der Waals surface area (Å²) in [6.07, 6.45) is 5.79. The van der Waals surface area contributed by atoms with Crippen LogP contribution in [0.25, 0.3) is 10.8 Å². The van der Waals surface area contributed by atoms with Crippen LogP contribution in [-0.2, 0) is 14.8 Å². The minimum Gasteiger partial charge on any atom is -0.337 e. The van der Waals surface area contributed by atoms with Crippen LogP contribution in [0.2, 0.25) is 0 Å². The molecule has 4 rings (SSSR count). The first-order valence-corrected chi connectivity index (χ1v) is 12.6. The zero-order chi connectivity index (χ0) is 21.3. The van der Waals surface area contributed by atoms with Crippen LogP contribution in [0.4, 0.5) is 0 Å². The average Bonchev–Trinajstić information content (AvgIpc) is 3.27. The van der Waals surface area contributed by atoms with E-state index in [-0.39, 0.29) is 17.9 Å². The number of amides is 1. The summed E-state index contributed by atoms with van der Waals surface area (Å²) >= 11 is 0. The van der Waals surface area contributed by atoms with E-state index in [0.29, 0.717) is 36.9 Å². The Morgan fingerprint density at radius 1 is 0.967 bits per heavy atom. The highest BCUT2D eigenvalue weighted by atomic mass is 32.2. The van der Waals surface area contributed by atoms with Gasteiger partial charge in [-0.2, -0.15) is 4.31 Å². The number of hydrogen-bond acceptors (Lipinski definition) is 3. The van der Waals surface area contributed by atoms with Gasteiger partial charge < -0.3 is 4.90 Å². The Morgan fingerprint density at radius 3 is 2.23 bits per heavy atom. The van der Waals surface area contributed by atoms with Crippen molar-refractivity contribution in [3.05, 3.63) is 42.5 Å². The molecule has 0 aromatic heterocycles. The van der Waals surface area contributed by atoms with Crippen molar-refractivity contribution in [2.45, 2.75) is 69.4 Å². The molecule has 1 saturated carbocycles. The molecular formula is C24H32N2O3S. The van der Waals surface area contributed by atoms with Gasteiger partial charge in [0, 0.05) is 31.1 Å². The highest BCUT2D eigenvalue weighted by Crippen LogP contribution is 2.31. The largest absolute Gasteiger partial charge is 0.337 e. The number of nitrogens with zero attached hydrogens (tertiary/aromatic N) is 2. The minimum atomic E-state index is -3.55. The van der Waals surface area contributed by atoms with Crippen molar-refractivity contribution in [2.75, 3.05) is 13.1 Å². The molecule has 0 radical (unpaired) electrons. The van der Waals surface area contributed by atoms with Gasteiger partial charge in [0.05, 0.1) is 4.90 Å². The molecule has 0 N–H and O–H groups in total. The lowest BCUT2D eigenvalue weighted by Crippen LogP contribution is -2.49. The number of carbonyl (C=O) groups is 1. The van der Waals surface area contributed by atoms with Crippen molar-refractivity contribution in [3.63, 3.8) is 0 Å². The monoisotopic (exact) mass is 428 g/mol. The summed E-state index contributed by atoms with van der Waals surface area (Å²) < 4.78 is 27.9. The molecule has 1 amide bonds. The van der Waals surface area contributed by atoms with E-state index in [2.05, 4.69) is 18.7 Å². The van der Waals surface area contributed by atoms with E-state index in [1.54, 1.807) is 16.4 Å². The third-order valence-electron chi connectivity index (χ3n) is 6.69. The smallest absolute Gasteiger partial charge is 0.243 e. The summed E-state index contributed by atoms with van der Waals surface area (Å²) in [6, 6.07) is 13.6. The Balaban J connectivity index is 1.45. The first-order chi connectivity index (χ1) is 14.4. The van der Waals surface area contributed by atoms with Crippen molar-refractivity contribution in [1.29, 1.82) is 0 Å². The number of rotatable bonds is 5. The third-order valence-corrected chi connectivity index (χ3v) is 8.59. The van der Waals surface area contributed by atoms with Gasteiger partial charge in [0.25, 0.3) is 0 Å². The highest BCUT2D eigenvalue weighted by Gasteiger charge is 2.37. The summed E-state index contributed by atoms with van der Waals surface area (Å²) in [4.78, 5) is 15.7. The summed E-state index contributed by atoms with van der Waals surface area (Å²) in [5.41, 5.74) is 0. The minimum absolute atomic E-state index is 0.0731. The lowest BCUT2D eigenvalue weighted by Gasteiger charge is -2.38. The van der Waals surface area contributed by atoms with Crippen LogP contribution in [-0.4, -0.2) is 48.7 Å². The maximum atomic E-state index is 13.3. The molecule has 0 atom stereocenters. The van der Waals surface area contributed by atoms with E-state index in [4.69, 9.17) is 0 Å². The van der Waals surface area contributed by atoms with E-state index < -0.39 is 10.0 Å². The number of carbonyl (C=O) groups excluding carboxylic acids is 1. The van der Waals surface area contributed by atoms with Gasteiger partial charge in [0.15, 0.2) is 0 Å². The van der Waals surface area contributed by atoms with E-state index >= 15 is 0 Å². The van der Waals surface area contributed by atoms with E-state index in [9.17, 15) is 13.2 Å². The second kappa shape index (κ2) is 8.67. The number of sulfonamides is 1. The zero-order valence-corrected chi connectivity index (χ0v) is 18.8. The normalized spacial score (nSPS) is 19.6. The van der Waals surface area contributed by atoms with Crippen molar-refractivity contribution in [3.8, 4) is 0 Å². The van der Waals surface area contributed by atoms with E-state index in [0.717, 1.165) is 23.6 Å². The molecule has 30 heavy (non-hydrogen) atoms. The Morgan fingerprint density at radius 2 is 1.60 bits per heavy atom. The molecule has 0 bridgehead atoms. The standard InChI is InChI=1S/C24H32N2O3S/c1-18(2)26(22-9-5-6-10-22)24(27)20-13-15-25(16-14-20)30(28,29)23-12-11-19-7-3-4-8-21(19)17-23/h3-4,7-8,11-12,17-18,20,22H,5-6,9-10,13-16H2,1-2H3. The van der Waals surface area contributed by atoms with Crippen LogP contribution in [0, 0.1) is 5.92 Å². The fourth-order valence-electron chi connectivity index (χ4n) is 5.07. The summed E-state index contributed by atoms with van der Waals surface area (Å²) in [5.74, 6) is 0.149. The van der Waals surface area contributed by atoms with Gasteiger partial charge in [-0.3, -0.25) is 4.79 Å². The number of fused-ring (bicyclic) bond motifs is 1. The maximum absolute atomic E-state index is 13.3. The molecule has 2 aromatic rings. The van der Waals surface area contributed by atoms with Gasteiger partial charge in [-0.1, -0.05) is 43.2 Å². The molecule has 5 nitrogen and oxygen atoms in total. The van der Waals surface area contributed by atoms with Crippen molar-refractivity contribution >= 4 is 26.7 Å². The quantitative estimate of drug-likeness (QED) is 0.708. The maximum Gasteiger partial charge on any atom is 0.243 e. The van der Waals surface area contributed by atoms with Gasteiger partial charge >= 0.3 is 0 Å². The lowest BCUT2D eigenvalue weighted by molar-refractivity contribution is -0.141. The third kappa shape index (κ3) is 4.12. The molecule has 2 fully saturated rings. The van der Waals surface area contributed by atoms with E-state index in [1.165, 1.54) is 12.8 Å². The Bertz CT molecular complexity index is 1000. The Labute approximate surface area is 180 Å². The number of hydrogen-bond donors (Lipinski definition) is 0. The van der Waals surface area contributed by atoms with Gasteiger partial charge in [0.2, 0.25) is 15.9 Å². The fourth-order valence-corrected chi connectivity index (χ4v) is 6.57. The van der Waals surface area contributed by atoms with Crippen molar-refractivity contribution < 1.29 is 13.2 Å². The predicted octanol–water partition coefficient (Wildman–Crippen LogP) is 4.42. The second-order valence-corrected chi connectivity index (χ2v) is 10.9. The Kier molecular flexibility index (Phi) is 6.16. The van der Waals surface area contributed by atoms with Crippen molar-refractivity contribution in [2.24, 2.45) is 5.92 Å². The van der Waals surface area contributed by atoms with Crippen LogP contribution >= 0.6 is 0 Å². The number of piperidine rings is 1. The van der Waals surface area contributed by atoms with Gasteiger partial charge in [0.1, 0.15) is 0 Å². The lowest BCUT2D eigenvalue weighted by atomic mass is 9.95. The molecule has 1 saturated heterocycles. The summed E-state index contributed by atoms with van der Waals surface area (Å²) in [7, 11) is -3.55. The van der Waals surface area contributed by atoms with Gasteiger partial charge in [-0.25, -0.2) is 8.42 Å². The number of benzene rings is 2. The fraction of sp³-hybridized carbons (Fsp3) is 0.542. The van der Waals surface area contributed by atoms with Crippen LogP contribution < -0.4 is 0 Å². The van der Waals surface area contributed by atoms with Crippen LogP contribution in [0.5, 0.6) is 0 Å². The van der Waals surface area contributed by atoms with Gasteiger partial charge in [-0.05, 0) is 62.4 Å². The average molecular weight is 429 g/mol. The summed E-state index contributed by atoms with van der Waals surface area (Å²) in [5, 5.41) is 1.95. The molecule has 1 heterocycles. The first kappa shape index (κ1) is 21.3. The second-order valence-electron chi connectivity index (χ2n) is 8.96. The molecular weight excluding hydrogens is 396 g/mol. The van der Waals surface area contributed by atoms with Gasteiger partial charge in [-0.15, -0.1) is 0 Å². The van der Waals surface area contributed by atoms with Crippen LogP contribution in [0.1, 0.15) is 52.4 Å². The topological polar surface area (TPSA) is 57.7 Å². The molecule has 2 aromatic carbocycles. The van der Waals surface area contributed by atoms with E-state index in [1.807, 2.05) is 30.3 Å². The van der Waals surface area contributed by atoms with Crippen LogP contribution in [0.15, 0.2) is 47.4 Å². The predicted molar refractivity (Wildman–Crippen MR) is 120 cm³/mol.